The molecule has 114 valence electrons. The van der Waals surface area contributed by atoms with Crippen LogP contribution in [0.3, 0.4) is 0 Å². The summed E-state index contributed by atoms with van der Waals surface area (Å²) in [6.07, 6.45) is 1.35. The zero-order valence-electron chi connectivity index (χ0n) is 11.8. The van der Waals surface area contributed by atoms with Crippen molar-refractivity contribution in [2.75, 3.05) is 0 Å². The summed E-state index contributed by atoms with van der Waals surface area (Å²) in [5, 5.41) is 27.7. The van der Waals surface area contributed by atoms with E-state index in [1.165, 1.54) is 32.3 Å². The second-order valence-electron chi connectivity index (χ2n) is 4.45. The average molecular weight is 303 g/mol. The Balaban J connectivity index is 2.16. The van der Waals surface area contributed by atoms with Crippen LogP contribution in [0.15, 0.2) is 29.4 Å². The number of rotatable bonds is 4. The summed E-state index contributed by atoms with van der Waals surface area (Å²) in [5.74, 6) is -0.619. The van der Waals surface area contributed by atoms with Crippen molar-refractivity contribution < 1.29 is 14.8 Å². The van der Waals surface area contributed by atoms with Crippen LogP contribution in [0, 0.1) is 17.0 Å². The van der Waals surface area contributed by atoms with Crippen molar-refractivity contribution >= 4 is 17.8 Å². The molecule has 9 heteroatoms. The van der Waals surface area contributed by atoms with Crippen molar-refractivity contribution in [3.63, 3.8) is 0 Å². The highest BCUT2D eigenvalue weighted by Gasteiger charge is 2.28. The predicted molar refractivity (Wildman–Crippen MR) is 77.8 cm³/mol. The molecule has 1 amide bonds. The van der Waals surface area contributed by atoms with E-state index in [1.54, 1.807) is 12.1 Å². The lowest BCUT2D eigenvalue weighted by Crippen LogP contribution is -2.22. The minimum atomic E-state index is -0.732. The molecule has 0 saturated carbocycles. The van der Waals surface area contributed by atoms with Crippen molar-refractivity contribution in [2.45, 2.75) is 6.92 Å². The quantitative estimate of drug-likeness (QED) is 0.497. The number of phenols is 1. The third-order valence-corrected chi connectivity index (χ3v) is 2.86. The van der Waals surface area contributed by atoms with Gasteiger partial charge in [0.25, 0.3) is 5.91 Å². The zero-order valence-corrected chi connectivity index (χ0v) is 11.8. The summed E-state index contributed by atoms with van der Waals surface area (Å²) < 4.78 is 1.14. The molecule has 2 N–H and O–H groups in total. The van der Waals surface area contributed by atoms with Gasteiger partial charge in [-0.2, -0.15) is 10.2 Å². The molecule has 0 unspecified atom stereocenters. The lowest BCUT2D eigenvalue weighted by atomic mass is 10.2. The van der Waals surface area contributed by atoms with Crippen LogP contribution in [-0.2, 0) is 7.05 Å². The van der Waals surface area contributed by atoms with Crippen LogP contribution in [0.2, 0.25) is 0 Å². The Morgan fingerprint density at radius 3 is 2.68 bits per heavy atom. The molecule has 0 bridgehead atoms. The minimum absolute atomic E-state index is 0.113. The minimum Gasteiger partial charge on any atom is -0.508 e. The van der Waals surface area contributed by atoms with Crippen LogP contribution < -0.4 is 5.43 Å². The van der Waals surface area contributed by atoms with Crippen molar-refractivity contribution in [1.29, 1.82) is 0 Å². The van der Waals surface area contributed by atoms with E-state index in [0.717, 1.165) is 4.68 Å². The number of aromatic nitrogens is 2. The number of aryl methyl sites for hydroxylation is 2. The number of phenolic OH excluding ortho intramolecular Hbond substituents is 1. The van der Waals surface area contributed by atoms with Gasteiger partial charge in [-0.25, -0.2) is 5.43 Å². The number of benzene rings is 1. The number of hydrazone groups is 1. The van der Waals surface area contributed by atoms with Gasteiger partial charge in [-0.05, 0) is 36.8 Å². The maximum atomic E-state index is 12.0. The number of carbonyl (C=O) groups excluding carboxylic acids is 1. The van der Waals surface area contributed by atoms with Crippen LogP contribution in [0.5, 0.6) is 5.75 Å². The fourth-order valence-electron chi connectivity index (χ4n) is 1.90. The van der Waals surface area contributed by atoms with E-state index in [-0.39, 0.29) is 22.8 Å². The van der Waals surface area contributed by atoms with E-state index in [9.17, 15) is 14.9 Å². The lowest BCUT2D eigenvalue weighted by Gasteiger charge is -2.00. The zero-order chi connectivity index (χ0) is 16.3. The molecule has 0 atom stereocenters. The molecule has 0 aliphatic heterocycles. The summed E-state index contributed by atoms with van der Waals surface area (Å²) in [4.78, 5) is 22.4. The standard InChI is InChI=1S/C13H13N5O4/c1-8-11(18(21)22)12(17(2)16-8)13(20)15-14-7-9-3-5-10(19)6-4-9/h3-7,19H,1-2H3,(H,15,20)/b14-7+. The van der Waals surface area contributed by atoms with Crippen LogP contribution in [0.25, 0.3) is 0 Å². The van der Waals surface area contributed by atoms with E-state index in [1.807, 2.05) is 0 Å². The summed E-state index contributed by atoms with van der Waals surface area (Å²) in [7, 11) is 1.44. The van der Waals surface area contributed by atoms with Gasteiger partial charge in [0.05, 0.1) is 11.1 Å². The first-order valence-electron chi connectivity index (χ1n) is 6.20. The van der Waals surface area contributed by atoms with Gasteiger partial charge in [0, 0.05) is 7.05 Å². The summed E-state index contributed by atoms with van der Waals surface area (Å²) in [5.41, 5.74) is 2.49. The smallest absolute Gasteiger partial charge is 0.322 e. The molecule has 1 heterocycles. The highest BCUT2D eigenvalue weighted by molar-refractivity contribution is 5.97. The fourth-order valence-corrected chi connectivity index (χ4v) is 1.90. The Morgan fingerprint density at radius 2 is 2.09 bits per heavy atom. The third-order valence-electron chi connectivity index (χ3n) is 2.86. The molecule has 0 spiro atoms. The lowest BCUT2D eigenvalue weighted by molar-refractivity contribution is -0.385. The highest BCUT2D eigenvalue weighted by atomic mass is 16.6. The van der Waals surface area contributed by atoms with Crippen LogP contribution in [-0.4, -0.2) is 31.9 Å². The second-order valence-corrected chi connectivity index (χ2v) is 4.45. The van der Waals surface area contributed by atoms with E-state index in [4.69, 9.17) is 5.11 Å². The third kappa shape index (κ3) is 3.08. The van der Waals surface area contributed by atoms with Crippen molar-refractivity contribution in [2.24, 2.45) is 12.1 Å². The van der Waals surface area contributed by atoms with Gasteiger partial charge in [0.15, 0.2) is 0 Å². The van der Waals surface area contributed by atoms with Crippen molar-refractivity contribution in [1.82, 2.24) is 15.2 Å². The maximum absolute atomic E-state index is 12.0. The van der Waals surface area contributed by atoms with Gasteiger partial charge in [-0.1, -0.05) is 0 Å². The van der Waals surface area contributed by atoms with E-state index < -0.39 is 10.8 Å². The Morgan fingerprint density at radius 1 is 1.45 bits per heavy atom. The van der Waals surface area contributed by atoms with Crippen LogP contribution in [0.4, 0.5) is 5.69 Å². The monoisotopic (exact) mass is 303 g/mol. The van der Waals surface area contributed by atoms with Gasteiger partial charge in [0.1, 0.15) is 11.4 Å². The number of aromatic hydroxyl groups is 1. The van der Waals surface area contributed by atoms with Gasteiger partial charge in [0.2, 0.25) is 5.69 Å². The topological polar surface area (TPSA) is 123 Å². The normalized spacial score (nSPS) is 10.8. The molecule has 0 aliphatic rings. The first kappa shape index (κ1) is 15.2. The second kappa shape index (κ2) is 6.04. The van der Waals surface area contributed by atoms with E-state index >= 15 is 0 Å². The Labute approximate surface area is 125 Å². The molecule has 2 rings (SSSR count). The maximum Gasteiger partial charge on any atom is 0.322 e. The number of nitrogens with zero attached hydrogens (tertiary/aromatic N) is 4. The molecular formula is C13H13N5O4. The van der Waals surface area contributed by atoms with Crippen LogP contribution >= 0.6 is 0 Å². The molecule has 0 radical (unpaired) electrons. The Hall–Kier alpha value is -3.23. The highest BCUT2D eigenvalue weighted by Crippen LogP contribution is 2.21. The van der Waals surface area contributed by atoms with Gasteiger partial charge in [-0.3, -0.25) is 19.6 Å². The van der Waals surface area contributed by atoms with E-state index in [0.29, 0.717) is 5.56 Å². The number of nitrogens with one attached hydrogen (secondary N) is 1. The number of amides is 1. The molecule has 2 aromatic rings. The first-order valence-corrected chi connectivity index (χ1v) is 6.20. The first-order chi connectivity index (χ1) is 10.4. The van der Waals surface area contributed by atoms with Crippen molar-refractivity contribution in [3.05, 3.63) is 51.3 Å². The van der Waals surface area contributed by atoms with Crippen molar-refractivity contribution in [3.8, 4) is 5.75 Å². The molecule has 9 nitrogen and oxygen atoms in total. The van der Waals surface area contributed by atoms with Gasteiger partial charge in [-0.15, -0.1) is 0 Å². The molecule has 0 saturated heterocycles. The molecule has 22 heavy (non-hydrogen) atoms. The number of hydrogen-bond acceptors (Lipinski definition) is 6. The molecule has 1 aromatic carbocycles. The number of carbonyl (C=O) groups is 1. The van der Waals surface area contributed by atoms with Crippen LogP contribution in [0.1, 0.15) is 21.7 Å². The molecule has 0 aliphatic carbocycles. The molecule has 1 aromatic heterocycles. The molecule has 0 fully saturated rings. The summed E-state index contributed by atoms with van der Waals surface area (Å²) in [6.45, 7) is 1.45. The van der Waals surface area contributed by atoms with Gasteiger partial charge >= 0.3 is 5.69 Å². The number of hydrogen-bond donors (Lipinski definition) is 2. The summed E-state index contributed by atoms with van der Waals surface area (Å²) in [6, 6.07) is 6.14. The average Bonchev–Trinajstić information content (AvgIpc) is 2.75. The molecular weight excluding hydrogens is 290 g/mol. The van der Waals surface area contributed by atoms with Gasteiger partial charge < -0.3 is 5.11 Å². The Kier molecular flexibility index (Phi) is 4.16. The summed E-state index contributed by atoms with van der Waals surface area (Å²) >= 11 is 0. The Bertz CT molecular complexity index is 749. The fraction of sp³-hybridized carbons (Fsp3) is 0.154. The largest absolute Gasteiger partial charge is 0.508 e. The number of nitro groups is 1. The van der Waals surface area contributed by atoms with E-state index in [2.05, 4.69) is 15.6 Å². The predicted octanol–water partition coefficient (Wildman–Crippen LogP) is 1.11. The SMILES string of the molecule is Cc1nn(C)c(C(=O)N/N=C/c2ccc(O)cc2)c1[N+](=O)[O-].